The number of hydrogen-bond donors (Lipinski definition) is 0. The van der Waals surface area contributed by atoms with Crippen LogP contribution in [0.1, 0.15) is 26.2 Å². The van der Waals surface area contributed by atoms with Gasteiger partial charge in [-0.15, -0.1) is 0 Å². The quantitative estimate of drug-likeness (QED) is 0.510. The van der Waals surface area contributed by atoms with Gasteiger partial charge in [-0.1, -0.05) is 19.8 Å². The summed E-state index contributed by atoms with van der Waals surface area (Å²) in [6.07, 6.45) is 3.66. The van der Waals surface area contributed by atoms with Gasteiger partial charge in [-0.2, -0.15) is 0 Å². The zero-order chi connectivity index (χ0) is 7.66. The van der Waals surface area contributed by atoms with Crippen molar-refractivity contribution in [1.29, 1.82) is 0 Å². The average molecular weight is 145 g/mol. The Labute approximate surface area is 63.5 Å². The van der Waals surface area contributed by atoms with E-state index in [2.05, 4.69) is 18.8 Å². The normalized spacial score (nSPS) is 10.2. The Balaban J connectivity index is 2.65. The number of hydrogen-bond acceptors (Lipinski definition) is 2. The van der Waals surface area contributed by atoms with E-state index in [0.29, 0.717) is 13.2 Å². The molecule has 0 atom stereocenters. The van der Waals surface area contributed by atoms with Crippen LogP contribution >= 0.6 is 0 Å². The lowest BCUT2D eigenvalue weighted by Crippen LogP contribution is -2.01. The Kier molecular flexibility index (Phi) is 8.85. The van der Waals surface area contributed by atoms with Crippen LogP contribution in [0.5, 0.6) is 0 Å². The topological polar surface area (TPSA) is 18.5 Å². The second-order valence-corrected chi connectivity index (χ2v) is 2.23. The summed E-state index contributed by atoms with van der Waals surface area (Å²) in [7, 11) is 3.24. The molecule has 0 heterocycles. The molecule has 0 amide bonds. The van der Waals surface area contributed by atoms with Crippen LogP contribution < -0.4 is 0 Å². The van der Waals surface area contributed by atoms with Crippen molar-refractivity contribution in [3.8, 4) is 0 Å². The average Bonchev–Trinajstić information content (AvgIpc) is 1.97. The molecule has 0 aliphatic heterocycles. The van der Waals surface area contributed by atoms with E-state index in [0.717, 1.165) is 13.0 Å². The summed E-state index contributed by atoms with van der Waals surface area (Å²) in [6, 6.07) is 0. The van der Waals surface area contributed by atoms with Crippen molar-refractivity contribution in [2.75, 3.05) is 19.8 Å². The maximum atomic E-state index is 5.21. The molecule has 2 nitrogen and oxygen atoms in total. The zero-order valence-corrected chi connectivity index (χ0v) is 6.77. The highest BCUT2D eigenvalue weighted by atomic mass is 16.5. The largest absolute Gasteiger partial charge is 0.379 e. The van der Waals surface area contributed by atoms with Crippen molar-refractivity contribution in [3.05, 3.63) is 7.11 Å². The lowest BCUT2D eigenvalue weighted by molar-refractivity contribution is 0.0807. The SMILES string of the molecule is [CH2]OCCOCCCCC. The molecule has 0 spiro atoms. The van der Waals surface area contributed by atoms with Crippen LogP contribution in [0.25, 0.3) is 0 Å². The van der Waals surface area contributed by atoms with Crippen molar-refractivity contribution in [2.45, 2.75) is 26.2 Å². The van der Waals surface area contributed by atoms with Crippen molar-refractivity contribution < 1.29 is 9.47 Å². The van der Waals surface area contributed by atoms with Crippen molar-refractivity contribution >= 4 is 0 Å². The standard InChI is InChI=1S/C8H17O2/c1-3-4-5-6-10-8-7-9-2/h2-8H2,1H3. The van der Waals surface area contributed by atoms with Crippen LogP contribution in [-0.4, -0.2) is 19.8 Å². The molecule has 0 unspecified atom stereocenters. The maximum Gasteiger partial charge on any atom is 0.0701 e. The number of unbranched alkanes of at least 4 members (excludes halogenated alkanes) is 2. The van der Waals surface area contributed by atoms with E-state index in [1.54, 1.807) is 0 Å². The Hall–Kier alpha value is -0.0800. The van der Waals surface area contributed by atoms with Gasteiger partial charge in [0.25, 0.3) is 0 Å². The van der Waals surface area contributed by atoms with Gasteiger partial charge in [0.05, 0.1) is 20.3 Å². The van der Waals surface area contributed by atoms with E-state index in [4.69, 9.17) is 4.74 Å². The zero-order valence-electron chi connectivity index (χ0n) is 6.77. The molecule has 0 saturated carbocycles. The molecule has 0 fully saturated rings. The van der Waals surface area contributed by atoms with E-state index in [9.17, 15) is 0 Å². The minimum Gasteiger partial charge on any atom is -0.379 e. The van der Waals surface area contributed by atoms with Crippen LogP contribution in [0, 0.1) is 7.11 Å². The van der Waals surface area contributed by atoms with Gasteiger partial charge in [-0.3, -0.25) is 0 Å². The molecule has 0 N–H and O–H groups in total. The summed E-state index contributed by atoms with van der Waals surface area (Å²) in [4.78, 5) is 0. The van der Waals surface area contributed by atoms with Gasteiger partial charge in [-0.25, -0.2) is 0 Å². The van der Waals surface area contributed by atoms with Crippen molar-refractivity contribution in [3.63, 3.8) is 0 Å². The van der Waals surface area contributed by atoms with E-state index in [-0.39, 0.29) is 0 Å². The molecule has 61 valence electrons. The van der Waals surface area contributed by atoms with E-state index >= 15 is 0 Å². The smallest absolute Gasteiger partial charge is 0.0701 e. The molecule has 2 heteroatoms. The summed E-state index contributed by atoms with van der Waals surface area (Å²) < 4.78 is 9.78. The van der Waals surface area contributed by atoms with Gasteiger partial charge in [0.1, 0.15) is 0 Å². The molecule has 0 bridgehead atoms. The molecule has 0 aromatic heterocycles. The predicted molar refractivity (Wildman–Crippen MR) is 41.7 cm³/mol. The van der Waals surface area contributed by atoms with Gasteiger partial charge in [0.2, 0.25) is 0 Å². The van der Waals surface area contributed by atoms with E-state index in [1.807, 2.05) is 0 Å². The van der Waals surface area contributed by atoms with Gasteiger partial charge >= 0.3 is 0 Å². The molecule has 0 aliphatic rings. The third kappa shape index (κ3) is 7.92. The van der Waals surface area contributed by atoms with Crippen molar-refractivity contribution in [2.24, 2.45) is 0 Å². The third-order valence-electron chi connectivity index (χ3n) is 1.26. The summed E-state index contributed by atoms with van der Waals surface area (Å²) in [5.74, 6) is 0. The summed E-state index contributed by atoms with van der Waals surface area (Å²) in [5, 5.41) is 0. The second-order valence-electron chi connectivity index (χ2n) is 2.23. The fraction of sp³-hybridized carbons (Fsp3) is 0.875. The lowest BCUT2D eigenvalue weighted by atomic mass is 10.3. The van der Waals surface area contributed by atoms with Gasteiger partial charge in [0, 0.05) is 6.61 Å². The first-order valence-electron chi connectivity index (χ1n) is 3.86. The monoisotopic (exact) mass is 145 g/mol. The van der Waals surface area contributed by atoms with Gasteiger partial charge in [0.15, 0.2) is 0 Å². The first-order valence-corrected chi connectivity index (χ1v) is 3.86. The second kappa shape index (κ2) is 8.92. The van der Waals surface area contributed by atoms with Crippen LogP contribution in [0.2, 0.25) is 0 Å². The van der Waals surface area contributed by atoms with Crippen LogP contribution in [0.3, 0.4) is 0 Å². The molecule has 0 aromatic carbocycles. The van der Waals surface area contributed by atoms with E-state index in [1.165, 1.54) is 12.8 Å². The molecule has 0 rings (SSSR count). The molecular formula is C8H17O2. The highest BCUT2D eigenvalue weighted by Crippen LogP contribution is 1.93. The molecular weight excluding hydrogens is 128 g/mol. The van der Waals surface area contributed by atoms with Crippen molar-refractivity contribution in [1.82, 2.24) is 0 Å². The number of rotatable bonds is 7. The minimum absolute atomic E-state index is 0.603. The molecule has 0 aromatic rings. The molecule has 0 aliphatic carbocycles. The first-order chi connectivity index (χ1) is 4.91. The van der Waals surface area contributed by atoms with Crippen LogP contribution in [0.4, 0.5) is 0 Å². The first kappa shape index (κ1) is 9.92. The summed E-state index contributed by atoms with van der Waals surface area (Å²) in [5.41, 5.74) is 0. The number of ether oxygens (including phenoxy) is 2. The lowest BCUT2D eigenvalue weighted by Gasteiger charge is -2.01. The maximum absolute atomic E-state index is 5.21. The van der Waals surface area contributed by atoms with Gasteiger partial charge in [-0.05, 0) is 6.42 Å². The van der Waals surface area contributed by atoms with Crippen LogP contribution in [0.15, 0.2) is 0 Å². The Morgan fingerprint density at radius 1 is 1.10 bits per heavy atom. The summed E-state index contributed by atoms with van der Waals surface area (Å²) in [6.45, 7) is 4.32. The fourth-order valence-corrected chi connectivity index (χ4v) is 0.674. The van der Waals surface area contributed by atoms with E-state index < -0.39 is 0 Å². The van der Waals surface area contributed by atoms with Gasteiger partial charge < -0.3 is 9.47 Å². The summed E-state index contributed by atoms with van der Waals surface area (Å²) >= 11 is 0. The predicted octanol–water partition coefficient (Wildman–Crippen LogP) is 2.00. The Morgan fingerprint density at radius 3 is 2.50 bits per heavy atom. The minimum atomic E-state index is 0.603. The van der Waals surface area contributed by atoms with Crippen LogP contribution in [-0.2, 0) is 9.47 Å². The highest BCUT2D eigenvalue weighted by molar-refractivity contribution is 4.36. The fourth-order valence-electron chi connectivity index (χ4n) is 0.674. The molecule has 1 radical (unpaired) electrons. The molecule has 10 heavy (non-hydrogen) atoms. The molecule has 0 saturated heterocycles. The third-order valence-corrected chi connectivity index (χ3v) is 1.26. The Morgan fingerprint density at radius 2 is 1.90 bits per heavy atom. The Bertz CT molecular complexity index is 47.2. The highest BCUT2D eigenvalue weighted by Gasteiger charge is 1.86.